The topological polar surface area (TPSA) is 135 Å². The van der Waals surface area contributed by atoms with Crippen molar-refractivity contribution in [3.8, 4) is 11.4 Å². The van der Waals surface area contributed by atoms with Crippen molar-refractivity contribution in [2.24, 2.45) is 4.99 Å². The number of thiazole rings is 1. The molecule has 0 saturated heterocycles. The Kier molecular flexibility index (Phi) is 9.40. The van der Waals surface area contributed by atoms with E-state index < -0.39 is 28.3 Å². The highest BCUT2D eigenvalue weighted by Gasteiger charge is 2.33. The lowest BCUT2D eigenvalue weighted by Crippen LogP contribution is -2.39. The molecule has 0 aliphatic carbocycles. The summed E-state index contributed by atoms with van der Waals surface area (Å²) in [7, 11) is 0. The Bertz CT molecular complexity index is 2300. The lowest BCUT2D eigenvalue weighted by Gasteiger charge is -2.24. The van der Waals surface area contributed by atoms with E-state index in [1.165, 1.54) is 52.7 Å². The van der Waals surface area contributed by atoms with Gasteiger partial charge in [0.15, 0.2) is 15.8 Å². The molecular weight excluding hydrogens is 679 g/mol. The van der Waals surface area contributed by atoms with Crippen molar-refractivity contribution in [3.63, 3.8) is 0 Å². The van der Waals surface area contributed by atoms with Gasteiger partial charge in [-0.05, 0) is 80.1 Å². The van der Waals surface area contributed by atoms with Crippen LogP contribution < -0.4 is 14.9 Å². The summed E-state index contributed by atoms with van der Waals surface area (Å²) in [6.45, 7) is 5.91. The van der Waals surface area contributed by atoms with E-state index in [1.807, 2.05) is 23.6 Å². The van der Waals surface area contributed by atoms with Crippen molar-refractivity contribution in [2.75, 3.05) is 6.61 Å². The van der Waals surface area contributed by atoms with Gasteiger partial charge in [-0.25, -0.2) is 14.2 Å². The monoisotopic (exact) mass is 704 g/mol. The van der Waals surface area contributed by atoms with Gasteiger partial charge in [-0.1, -0.05) is 47.2 Å². The number of nitrogens with zero attached hydrogens (tertiary/aromatic N) is 6. The lowest BCUT2D eigenvalue weighted by atomic mass is 9.96. The first kappa shape index (κ1) is 33.0. The number of non-ortho nitro benzene ring substituents is 1. The molecule has 5 aromatic rings. The number of allylic oxidation sites excluding steroid dienone is 1. The largest absolute Gasteiger partial charge is 0.463 e. The number of benzene rings is 3. The van der Waals surface area contributed by atoms with Crippen LogP contribution in [-0.2, 0) is 16.1 Å². The van der Waals surface area contributed by atoms with E-state index in [0.717, 1.165) is 16.9 Å². The molecule has 0 spiro atoms. The first-order chi connectivity index (χ1) is 23.1. The van der Waals surface area contributed by atoms with Gasteiger partial charge in [0.1, 0.15) is 5.82 Å². The molecular formula is C33H26ClFN6O5S2. The molecule has 0 N–H and O–H groups in total. The van der Waals surface area contributed by atoms with Crippen molar-refractivity contribution in [1.82, 2.24) is 19.3 Å². The van der Waals surface area contributed by atoms with Crippen molar-refractivity contribution >= 4 is 52.4 Å². The normalized spacial score (nSPS) is 14.5. The zero-order chi connectivity index (χ0) is 34.1. The average Bonchev–Trinajstić information content (AvgIpc) is 3.61. The second-order valence-corrected chi connectivity index (χ2v) is 13.0. The Labute approximate surface area is 285 Å². The highest BCUT2D eigenvalue weighted by molar-refractivity contribution is 7.99. The van der Waals surface area contributed by atoms with Crippen LogP contribution in [0.25, 0.3) is 17.5 Å². The van der Waals surface area contributed by atoms with E-state index in [4.69, 9.17) is 16.3 Å². The van der Waals surface area contributed by atoms with Gasteiger partial charge in [-0.2, -0.15) is 0 Å². The van der Waals surface area contributed by atoms with Gasteiger partial charge in [0, 0.05) is 34.2 Å². The highest BCUT2D eigenvalue weighted by atomic mass is 35.5. The molecule has 2 aromatic heterocycles. The van der Waals surface area contributed by atoms with Crippen LogP contribution >= 0.6 is 34.7 Å². The van der Waals surface area contributed by atoms with Crippen molar-refractivity contribution in [1.29, 1.82) is 0 Å². The first-order valence-corrected chi connectivity index (χ1v) is 16.7. The average molecular weight is 705 g/mol. The van der Waals surface area contributed by atoms with Crippen LogP contribution in [0.5, 0.6) is 0 Å². The van der Waals surface area contributed by atoms with E-state index in [1.54, 1.807) is 38.1 Å². The number of carbonyl (C=O) groups is 1. The molecule has 3 heterocycles. The molecule has 1 aliphatic heterocycles. The smallest absolute Gasteiger partial charge is 0.338 e. The molecule has 11 nitrogen and oxygen atoms in total. The summed E-state index contributed by atoms with van der Waals surface area (Å²) in [6.07, 6.45) is 1.56. The quantitative estimate of drug-likeness (QED) is 0.105. The van der Waals surface area contributed by atoms with Gasteiger partial charge in [0.05, 0.1) is 33.4 Å². The van der Waals surface area contributed by atoms with Gasteiger partial charge in [-0.15, -0.1) is 10.2 Å². The molecule has 48 heavy (non-hydrogen) atoms. The van der Waals surface area contributed by atoms with Crippen LogP contribution in [0.3, 0.4) is 0 Å². The molecule has 1 atom stereocenters. The minimum absolute atomic E-state index is 0.107. The summed E-state index contributed by atoms with van der Waals surface area (Å²) < 4.78 is 22.7. The number of rotatable bonds is 9. The second-order valence-electron chi connectivity index (χ2n) is 10.5. The maximum Gasteiger partial charge on any atom is 0.338 e. The van der Waals surface area contributed by atoms with E-state index in [0.29, 0.717) is 49.1 Å². The number of esters is 1. The molecule has 0 unspecified atom stereocenters. The van der Waals surface area contributed by atoms with Crippen LogP contribution in [-0.4, -0.2) is 36.8 Å². The molecule has 6 rings (SSSR count). The van der Waals surface area contributed by atoms with Crippen LogP contribution in [0.15, 0.2) is 97.8 Å². The van der Waals surface area contributed by atoms with Crippen molar-refractivity contribution in [3.05, 3.63) is 130 Å². The van der Waals surface area contributed by atoms with Gasteiger partial charge in [0.25, 0.3) is 11.2 Å². The number of hydrogen-bond acceptors (Lipinski definition) is 10. The Morgan fingerprint density at radius 3 is 2.60 bits per heavy atom. The van der Waals surface area contributed by atoms with Gasteiger partial charge in [-0.3, -0.25) is 19.5 Å². The van der Waals surface area contributed by atoms with Crippen LogP contribution in [0, 0.1) is 15.9 Å². The Balaban J connectivity index is 1.49. The number of ether oxygens (including phenoxy) is 1. The molecule has 0 fully saturated rings. The summed E-state index contributed by atoms with van der Waals surface area (Å²) in [5.74, 6) is -0.511. The van der Waals surface area contributed by atoms with E-state index in [9.17, 15) is 24.1 Å². The fourth-order valence-electron chi connectivity index (χ4n) is 5.34. The molecule has 0 radical (unpaired) electrons. The molecule has 15 heteroatoms. The SMILES string of the molecule is CCOC(=O)C1=C(C)N=c2s/c(=C/c3cc([N+](=O)[O-])ccc3Sc3nnc(-c4cccc(Cl)c4)n3CC)c(=O)n2[C@@H]1c1ccc(F)cc1. The number of carbonyl (C=O) groups excluding carboxylic acids is 1. The standard InChI is InChI=1S/C33H26ClFN6O5S2/c1-4-39-29(20-7-6-8-22(34)15-20)37-38-33(39)47-25-14-13-24(41(44)45)16-21(25)17-26-30(42)40-28(19-9-11-23(35)12-10-19)27(31(43)46-5-2)18(3)36-32(40)48-26/h6-17,28H,4-5H2,1-3H3/b26-17+/t28-/m1/s1. The van der Waals surface area contributed by atoms with Crippen LogP contribution in [0.4, 0.5) is 10.1 Å². The summed E-state index contributed by atoms with van der Waals surface area (Å²) in [5.41, 5.74) is 1.53. The maximum atomic E-state index is 14.1. The predicted octanol–water partition coefficient (Wildman–Crippen LogP) is 5.93. The third kappa shape index (κ3) is 6.33. The fraction of sp³-hybridized carbons (Fsp3) is 0.182. The Hall–Kier alpha value is -4.92. The highest BCUT2D eigenvalue weighted by Crippen LogP contribution is 2.35. The minimum atomic E-state index is -0.935. The van der Waals surface area contributed by atoms with E-state index >= 15 is 0 Å². The van der Waals surface area contributed by atoms with Gasteiger partial charge < -0.3 is 9.30 Å². The molecule has 1 aliphatic rings. The summed E-state index contributed by atoms with van der Waals surface area (Å²) in [6, 6.07) is 16.2. The van der Waals surface area contributed by atoms with Crippen molar-refractivity contribution < 1.29 is 18.8 Å². The number of halogens is 2. The number of hydrogen-bond donors (Lipinski definition) is 0. The third-order valence-corrected chi connectivity index (χ3v) is 9.81. The Morgan fingerprint density at radius 1 is 1.15 bits per heavy atom. The minimum Gasteiger partial charge on any atom is -0.463 e. The third-order valence-electron chi connectivity index (χ3n) is 7.51. The number of nitro benzene ring substituents is 1. The van der Waals surface area contributed by atoms with Gasteiger partial charge in [0.2, 0.25) is 0 Å². The summed E-state index contributed by atoms with van der Waals surface area (Å²) in [5, 5.41) is 21.7. The van der Waals surface area contributed by atoms with Crippen LogP contribution in [0.2, 0.25) is 5.02 Å². The number of fused-ring (bicyclic) bond motifs is 1. The zero-order valence-electron chi connectivity index (χ0n) is 25.7. The van der Waals surface area contributed by atoms with Crippen LogP contribution in [0.1, 0.15) is 37.9 Å². The lowest BCUT2D eigenvalue weighted by molar-refractivity contribution is -0.384. The van der Waals surface area contributed by atoms with Gasteiger partial charge >= 0.3 is 5.97 Å². The van der Waals surface area contributed by atoms with E-state index in [2.05, 4.69) is 15.2 Å². The summed E-state index contributed by atoms with van der Waals surface area (Å²) >= 11 is 8.53. The first-order valence-electron chi connectivity index (χ1n) is 14.7. The molecule has 0 saturated carbocycles. The molecule has 0 bridgehead atoms. The number of nitro groups is 1. The molecule has 244 valence electrons. The molecule has 3 aromatic carbocycles. The predicted molar refractivity (Wildman–Crippen MR) is 180 cm³/mol. The zero-order valence-corrected chi connectivity index (χ0v) is 28.1. The second kappa shape index (κ2) is 13.7. The summed E-state index contributed by atoms with van der Waals surface area (Å²) in [4.78, 5) is 44.0. The Morgan fingerprint density at radius 2 is 1.92 bits per heavy atom. The van der Waals surface area contributed by atoms with E-state index in [-0.39, 0.29) is 22.4 Å². The number of aromatic nitrogens is 4. The maximum absolute atomic E-state index is 14.1. The van der Waals surface area contributed by atoms with Crippen molar-refractivity contribution in [2.45, 2.75) is 43.4 Å². The fourth-order valence-corrected chi connectivity index (χ4v) is 7.54. The molecule has 0 amide bonds.